The molecular weight excluding hydrogens is 278 g/mol. The summed E-state index contributed by atoms with van der Waals surface area (Å²) in [5.41, 5.74) is -0.440. The Morgan fingerprint density at radius 1 is 1.19 bits per heavy atom. The van der Waals surface area contributed by atoms with Gasteiger partial charge in [0.15, 0.2) is 0 Å². The minimum Gasteiger partial charge on any atom is -0.342 e. The normalized spacial score (nSPS) is 22.4. The highest BCUT2D eigenvalue weighted by Crippen LogP contribution is 2.29. The zero-order chi connectivity index (χ0) is 15.6. The fourth-order valence-corrected chi connectivity index (χ4v) is 2.61. The van der Waals surface area contributed by atoms with E-state index in [1.54, 1.807) is 6.92 Å². The van der Waals surface area contributed by atoms with Gasteiger partial charge < -0.3 is 5.32 Å². The fraction of sp³-hybridized carbons (Fsp3) is 0.467. The molecule has 1 aromatic carbocycles. The van der Waals surface area contributed by atoms with E-state index in [9.17, 15) is 18.4 Å². The third-order valence-corrected chi connectivity index (χ3v) is 3.61. The molecule has 2 unspecified atom stereocenters. The number of halogens is 2. The molecule has 114 valence electrons. The van der Waals surface area contributed by atoms with Crippen molar-refractivity contribution in [3.63, 3.8) is 0 Å². The molecule has 1 aliphatic heterocycles. The third-order valence-electron chi connectivity index (χ3n) is 3.61. The van der Waals surface area contributed by atoms with E-state index in [-0.39, 0.29) is 12.3 Å². The molecule has 2 rings (SSSR count). The van der Waals surface area contributed by atoms with Crippen molar-refractivity contribution in [2.45, 2.75) is 45.2 Å². The average Bonchev–Trinajstić information content (AvgIpc) is 2.44. The minimum absolute atomic E-state index is 0.282. The lowest BCUT2D eigenvalue weighted by Crippen LogP contribution is -2.63. The summed E-state index contributed by atoms with van der Waals surface area (Å²) in [7, 11) is 0. The summed E-state index contributed by atoms with van der Waals surface area (Å²) >= 11 is 0. The molecule has 1 aromatic rings. The number of carbonyl (C=O) groups excluding carboxylic acids is 2. The van der Waals surface area contributed by atoms with E-state index in [2.05, 4.69) is 5.32 Å². The maximum absolute atomic E-state index is 14.0. The van der Waals surface area contributed by atoms with Gasteiger partial charge in [0.2, 0.25) is 11.8 Å². The van der Waals surface area contributed by atoms with Gasteiger partial charge in [0.05, 0.1) is 0 Å². The first-order valence-electron chi connectivity index (χ1n) is 7.08. The molecule has 21 heavy (non-hydrogen) atoms. The molecule has 1 heterocycles. The monoisotopic (exact) mass is 296 g/mol. The summed E-state index contributed by atoms with van der Waals surface area (Å²) in [6, 6.07) is 1.77. The summed E-state index contributed by atoms with van der Waals surface area (Å²) in [5.74, 6) is -2.52. The first-order valence-corrected chi connectivity index (χ1v) is 7.08. The second-order valence-corrected chi connectivity index (χ2v) is 5.05. The van der Waals surface area contributed by atoms with Crippen molar-refractivity contribution in [1.29, 1.82) is 0 Å². The van der Waals surface area contributed by atoms with E-state index in [1.807, 2.05) is 6.92 Å². The van der Waals surface area contributed by atoms with Crippen LogP contribution in [0.25, 0.3) is 0 Å². The van der Waals surface area contributed by atoms with Crippen molar-refractivity contribution < 1.29 is 18.4 Å². The van der Waals surface area contributed by atoms with Crippen LogP contribution in [-0.2, 0) is 9.59 Å². The lowest BCUT2D eigenvalue weighted by Gasteiger charge is -2.38. The highest BCUT2D eigenvalue weighted by Gasteiger charge is 2.41. The van der Waals surface area contributed by atoms with Crippen LogP contribution in [0, 0.1) is 11.6 Å². The number of carbonyl (C=O) groups is 2. The van der Waals surface area contributed by atoms with Gasteiger partial charge in [0, 0.05) is 0 Å². The van der Waals surface area contributed by atoms with Gasteiger partial charge in [-0.25, -0.2) is 8.78 Å². The number of rotatable bonds is 4. The van der Waals surface area contributed by atoms with E-state index in [0.29, 0.717) is 12.8 Å². The van der Waals surface area contributed by atoms with E-state index in [4.69, 9.17) is 0 Å². The molecule has 6 heteroatoms. The molecule has 4 nitrogen and oxygen atoms in total. The summed E-state index contributed by atoms with van der Waals surface area (Å²) in [6.45, 7) is 3.57. The Morgan fingerprint density at radius 3 is 2.33 bits per heavy atom. The Hall–Kier alpha value is -1.98. The molecular formula is C15H18F2N2O2. The summed E-state index contributed by atoms with van der Waals surface area (Å²) in [6.07, 6.45) is 1.40. The van der Waals surface area contributed by atoms with Gasteiger partial charge in [-0.2, -0.15) is 0 Å². The van der Waals surface area contributed by atoms with Crippen molar-refractivity contribution in [2.75, 3.05) is 4.90 Å². The molecule has 2 amide bonds. The van der Waals surface area contributed by atoms with Crippen LogP contribution in [0.5, 0.6) is 0 Å². The molecule has 0 saturated carbocycles. The van der Waals surface area contributed by atoms with Gasteiger partial charge in [-0.3, -0.25) is 14.5 Å². The van der Waals surface area contributed by atoms with Gasteiger partial charge in [-0.15, -0.1) is 0 Å². The number of amides is 2. The Kier molecular flexibility index (Phi) is 4.55. The highest BCUT2D eigenvalue weighted by molar-refractivity contribution is 6.08. The van der Waals surface area contributed by atoms with E-state index in [1.165, 1.54) is 6.07 Å². The molecule has 1 N–H and O–H groups in total. The zero-order valence-corrected chi connectivity index (χ0v) is 12.0. The van der Waals surface area contributed by atoms with Crippen LogP contribution in [0.1, 0.15) is 33.1 Å². The topological polar surface area (TPSA) is 49.4 Å². The fourth-order valence-electron chi connectivity index (χ4n) is 2.61. The van der Waals surface area contributed by atoms with Crippen molar-refractivity contribution >= 4 is 17.5 Å². The number of anilines is 1. The molecule has 1 saturated heterocycles. The zero-order valence-electron chi connectivity index (χ0n) is 12.0. The lowest BCUT2D eigenvalue weighted by atomic mass is 10.0. The Bertz CT molecular complexity index is 542. The smallest absolute Gasteiger partial charge is 0.250 e. The summed E-state index contributed by atoms with van der Waals surface area (Å²) in [5, 5.41) is 2.63. The molecule has 0 aliphatic carbocycles. The van der Waals surface area contributed by atoms with Crippen molar-refractivity contribution in [3.05, 3.63) is 29.8 Å². The molecule has 1 aliphatic rings. The van der Waals surface area contributed by atoms with Crippen molar-refractivity contribution in [1.82, 2.24) is 5.32 Å². The number of hydrogen-bond acceptors (Lipinski definition) is 2. The predicted octanol–water partition coefficient (Wildman–Crippen LogP) is 2.37. The highest BCUT2D eigenvalue weighted by atomic mass is 19.1. The van der Waals surface area contributed by atoms with Crippen molar-refractivity contribution in [2.24, 2.45) is 0 Å². The lowest BCUT2D eigenvalue weighted by molar-refractivity contribution is -0.134. The Balaban J connectivity index is 2.49. The molecule has 0 aromatic heterocycles. The largest absolute Gasteiger partial charge is 0.342 e. The first-order chi connectivity index (χ1) is 10.0. The molecule has 0 spiro atoms. The second kappa shape index (κ2) is 6.20. The number of nitrogens with one attached hydrogen (secondary N) is 1. The average molecular weight is 296 g/mol. The van der Waals surface area contributed by atoms with Gasteiger partial charge in [0.1, 0.15) is 29.4 Å². The van der Waals surface area contributed by atoms with Crippen LogP contribution in [0.3, 0.4) is 0 Å². The quantitative estimate of drug-likeness (QED) is 0.927. The van der Waals surface area contributed by atoms with Gasteiger partial charge in [-0.05, 0) is 25.0 Å². The second-order valence-electron chi connectivity index (χ2n) is 5.05. The number of benzene rings is 1. The minimum atomic E-state index is -0.892. The maximum Gasteiger partial charge on any atom is 0.250 e. The number of para-hydroxylation sites is 1. The molecule has 0 radical (unpaired) electrons. The molecule has 2 atom stereocenters. The van der Waals surface area contributed by atoms with Gasteiger partial charge in [0.25, 0.3) is 0 Å². The van der Waals surface area contributed by atoms with Crippen LogP contribution >= 0.6 is 0 Å². The van der Waals surface area contributed by atoms with Crippen LogP contribution < -0.4 is 10.2 Å². The SMILES string of the molecule is CCCC1NC(=O)C(CC)N(c2c(F)cccc2F)C1=O. The summed E-state index contributed by atoms with van der Waals surface area (Å²) in [4.78, 5) is 25.6. The molecule has 1 fully saturated rings. The van der Waals surface area contributed by atoms with Crippen LogP contribution in [0.15, 0.2) is 18.2 Å². The van der Waals surface area contributed by atoms with E-state index < -0.39 is 35.3 Å². The summed E-state index contributed by atoms with van der Waals surface area (Å²) < 4.78 is 28.0. The predicted molar refractivity (Wildman–Crippen MR) is 74.8 cm³/mol. The van der Waals surface area contributed by atoms with Gasteiger partial charge >= 0.3 is 0 Å². The van der Waals surface area contributed by atoms with E-state index in [0.717, 1.165) is 17.0 Å². The Morgan fingerprint density at radius 2 is 1.81 bits per heavy atom. The third kappa shape index (κ3) is 2.75. The maximum atomic E-state index is 14.0. The number of piperazine rings is 1. The number of nitrogens with zero attached hydrogens (tertiary/aromatic N) is 1. The molecule has 0 bridgehead atoms. The standard InChI is InChI=1S/C15H18F2N2O2/c1-3-6-11-15(21)19(12(4-2)14(20)18-11)13-9(16)7-5-8-10(13)17/h5,7-8,11-12H,3-4,6H2,1-2H3,(H,18,20). The first kappa shape index (κ1) is 15.4. The van der Waals surface area contributed by atoms with Crippen LogP contribution in [0.4, 0.5) is 14.5 Å². The Labute approximate surface area is 122 Å². The van der Waals surface area contributed by atoms with Crippen LogP contribution in [-0.4, -0.2) is 23.9 Å². The van der Waals surface area contributed by atoms with Crippen LogP contribution in [0.2, 0.25) is 0 Å². The van der Waals surface area contributed by atoms with Gasteiger partial charge in [-0.1, -0.05) is 26.3 Å². The number of hydrogen-bond donors (Lipinski definition) is 1. The van der Waals surface area contributed by atoms with Crippen molar-refractivity contribution in [3.8, 4) is 0 Å². The van der Waals surface area contributed by atoms with E-state index >= 15 is 0 Å².